The van der Waals surface area contributed by atoms with Crippen molar-refractivity contribution in [3.05, 3.63) is 40.7 Å². The van der Waals surface area contributed by atoms with Gasteiger partial charge in [-0.2, -0.15) is 9.61 Å². The predicted octanol–water partition coefficient (Wildman–Crippen LogP) is 3.93. The topological polar surface area (TPSA) is 72.2 Å². The summed E-state index contributed by atoms with van der Waals surface area (Å²) in [5, 5.41) is 17.0. The van der Waals surface area contributed by atoms with Gasteiger partial charge in [-0.1, -0.05) is 50.3 Å². The van der Waals surface area contributed by atoms with E-state index in [9.17, 15) is 4.79 Å². The van der Waals surface area contributed by atoms with Crippen LogP contribution in [0, 0.1) is 0 Å². The van der Waals surface area contributed by atoms with Gasteiger partial charge in [-0.15, -0.1) is 10.2 Å². The number of para-hydroxylation sites is 1. The molecule has 0 atom stereocenters. The minimum atomic E-state index is -0.0172. The maximum Gasteiger partial charge on any atom is 0.234 e. The van der Waals surface area contributed by atoms with E-state index in [0.29, 0.717) is 18.8 Å². The van der Waals surface area contributed by atoms with E-state index in [-0.39, 0.29) is 11.3 Å². The molecule has 3 aromatic rings. The van der Waals surface area contributed by atoms with E-state index in [1.165, 1.54) is 24.2 Å². The number of anilines is 1. The number of nitrogens with one attached hydrogen (secondary N) is 1. The predicted molar refractivity (Wildman–Crippen MR) is 103 cm³/mol. The van der Waals surface area contributed by atoms with Crippen molar-refractivity contribution >= 4 is 27.9 Å². The van der Waals surface area contributed by atoms with Crippen LogP contribution in [0.4, 0.5) is 5.69 Å². The zero-order valence-electron chi connectivity index (χ0n) is 15.3. The van der Waals surface area contributed by atoms with Crippen LogP contribution in [-0.4, -0.2) is 25.7 Å². The van der Waals surface area contributed by atoms with Gasteiger partial charge in [0.2, 0.25) is 10.9 Å². The molecule has 1 aliphatic carbocycles. The first-order chi connectivity index (χ1) is 12.4. The Morgan fingerprint density at radius 2 is 2.04 bits per heavy atom. The number of aromatic nitrogens is 4. The number of carbonyl (C=O) groups is 1. The second kappa shape index (κ2) is 6.46. The summed E-state index contributed by atoms with van der Waals surface area (Å²) in [5.74, 6) is 1.48. The summed E-state index contributed by atoms with van der Waals surface area (Å²) in [7, 11) is 0. The van der Waals surface area contributed by atoms with Crippen molar-refractivity contribution in [3.8, 4) is 0 Å². The maximum atomic E-state index is 12.4. The molecule has 26 heavy (non-hydrogen) atoms. The van der Waals surface area contributed by atoms with E-state index in [1.807, 2.05) is 22.7 Å². The Morgan fingerprint density at radius 1 is 1.27 bits per heavy atom. The third kappa shape index (κ3) is 3.49. The van der Waals surface area contributed by atoms with Crippen LogP contribution >= 0.6 is 11.3 Å². The number of aryl methyl sites for hydroxylation is 1. The Labute approximate surface area is 156 Å². The van der Waals surface area contributed by atoms with Gasteiger partial charge in [0.05, 0.1) is 0 Å². The van der Waals surface area contributed by atoms with Gasteiger partial charge in [-0.05, 0) is 29.9 Å². The first-order valence-corrected chi connectivity index (χ1v) is 9.84. The quantitative estimate of drug-likeness (QED) is 0.739. The van der Waals surface area contributed by atoms with Crippen LogP contribution in [0.1, 0.15) is 62.3 Å². The molecule has 2 aromatic heterocycles. The molecule has 1 aliphatic rings. The zero-order valence-corrected chi connectivity index (χ0v) is 16.1. The fourth-order valence-corrected chi connectivity index (χ4v) is 3.89. The molecule has 0 bridgehead atoms. The molecule has 0 spiro atoms. The number of nitrogens with zero attached hydrogens (tertiary/aromatic N) is 4. The average Bonchev–Trinajstić information content (AvgIpc) is 3.22. The smallest absolute Gasteiger partial charge is 0.234 e. The molecule has 136 valence electrons. The summed E-state index contributed by atoms with van der Waals surface area (Å²) in [6.07, 6.45) is 3.36. The Balaban J connectivity index is 1.42. The minimum absolute atomic E-state index is 0.00933. The van der Waals surface area contributed by atoms with Gasteiger partial charge in [0.25, 0.3) is 0 Å². The van der Waals surface area contributed by atoms with Crippen LogP contribution in [0.5, 0.6) is 0 Å². The lowest BCUT2D eigenvalue weighted by Gasteiger charge is -2.23. The number of amides is 1. The van der Waals surface area contributed by atoms with E-state index < -0.39 is 0 Å². The Hall–Kier alpha value is -2.28. The molecule has 7 heteroatoms. The highest BCUT2D eigenvalue weighted by Gasteiger charge is 2.30. The average molecular weight is 369 g/mol. The molecule has 1 aromatic carbocycles. The van der Waals surface area contributed by atoms with Crippen molar-refractivity contribution in [1.82, 2.24) is 19.8 Å². The van der Waals surface area contributed by atoms with E-state index in [2.05, 4.69) is 47.5 Å². The number of fused-ring (bicyclic) bond motifs is 1. The lowest BCUT2D eigenvalue weighted by Crippen LogP contribution is -2.18. The second-order valence-corrected chi connectivity index (χ2v) is 8.91. The molecule has 0 saturated heterocycles. The van der Waals surface area contributed by atoms with Gasteiger partial charge in [0.15, 0.2) is 5.82 Å². The molecule has 1 saturated carbocycles. The molecule has 1 amide bonds. The molecule has 0 unspecified atom stereocenters. The van der Waals surface area contributed by atoms with Crippen LogP contribution in [-0.2, 0) is 16.6 Å². The Kier molecular flexibility index (Phi) is 4.26. The molecule has 0 radical (unpaired) electrons. The van der Waals surface area contributed by atoms with Crippen molar-refractivity contribution in [2.75, 3.05) is 5.32 Å². The highest BCUT2D eigenvalue weighted by Crippen LogP contribution is 2.39. The van der Waals surface area contributed by atoms with Gasteiger partial charge in [-0.3, -0.25) is 4.79 Å². The first-order valence-electron chi connectivity index (χ1n) is 9.02. The summed E-state index contributed by atoms with van der Waals surface area (Å²) in [6.45, 7) is 6.44. The molecular weight excluding hydrogens is 346 g/mol. The number of benzene rings is 1. The van der Waals surface area contributed by atoms with Crippen molar-refractivity contribution < 1.29 is 4.79 Å². The molecule has 1 fully saturated rings. The van der Waals surface area contributed by atoms with Gasteiger partial charge < -0.3 is 5.32 Å². The van der Waals surface area contributed by atoms with Crippen molar-refractivity contribution in [2.24, 2.45) is 0 Å². The molecule has 4 rings (SSSR count). The van der Waals surface area contributed by atoms with E-state index in [0.717, 1.165) is 27.0 Å². The van der Waals surface area contributed by atoms with E-state index in [4.69, 9.17) is 0 Å². The van der Waals surface area contributed by atoms with Crippen LogP contribution < -0.4 is 5.32 Å². The van der Waals surface area contributed by atoms with Crippen LogP contribution in [0.2, 0.25) is 0 Å². The summed E-state index contributed by atoms with van der Waals surface area (Å²) in [5.41, 5.74) is 2.01. The molecule has 2 heterocycles. The number of hydrogen-bond acceptors (Lipinski definition) is 5. The Bertz CT molecular complexity index is 948. The number of rotatable bonds is 5. The van der Waals surface area contributed by atoms with Gasteiger partial charge in [0, 0.05) is 24.4 Å². The highest BCUT2D eigenvalue weighted by molar-refractivity contribution is 7.16. The van der Waals surface area contributed by atoms with Crippen molar-refractivity contribution in [3.63, 3.8) is 0 Å². The largest absolute Gasteiger partial charge is 0.326 e. The van der Waals surface area contributed by atoms with Crippen molar-refractivity contribution in [2.45, 2.75) is 57.8 Å². The summed E-state index contributed by atoms with van der Waals surface area (Å²) in [6, 6.07) is 7.99. The molecular formula is C19H23N5OS. The van der Waals surface area contributed by atoms with Crippen LogP contribution in [0.3, 0.4) is 0 Å². The van der Waals surface area contributed by atoms with E-state index >= 15 is 0 Å². The summed E-state index contributed by atoms with van der Waals surface area (Å²) < 4.78 is 1.85. The molecule has 6 nitrogen and oxygen atoms in total. The van der Waals surface area contributed by atoms with Crippen LogP contribution in [0.25, 0.3) is 4.96 Å². The summed E-state index contributed by atoms with van der Waals surface area (Å²) in [4.78, 5) is 13.3. The number of hydrogen-bond donors (Lipinski definition) is 1. The SMILES string of the molecule is CC(C)(C)c1ccccc1NC(=O)CCc1nn2c(C3CC3)nnc2s1. The highest BCUT2D eigenvalue weighted by atomic mass is 32.1. The summed E-state index contributed by atoms with van der Waals surface area (Å²) >= 11 is 1.52. The number of carbonyl (C=O) groups excluding carboxylic acids is 1. The van der Waals surface area contributed by atoms with Gasteiger partial charge >= 0.3 is 0 Å². The van der Waals surface area contributed by atoms with E-state index in [1.54, 1.807) is 0 Å². The zero-order chi connectivity index (χ0) is 18.3. The Morgan fingerprint density at radius 3 is 2.77 bits per heavy atom. The lowest BCUT2D eigenvalue weighted by molar-refractivity contribution is -0.116. The normalized spacial score (nSPS) is 14.7. The molecule has 0 aliphatic heterocycles. The third-order valence-corrected chi connectivity index (χ3v) is 5.53. The van der Waals surface area contributed by atoms with Gasteiger partial charge in [0.1, 0.15) is 5.01 Å². The van der Waals surface area contributed by atoms with Crippen LogP contribution in [0.15, 0.2) is 24.3 Å². The molecule has 1 N–H and O–H groups in total. The maximum absolute atomic E-state index is 12.4. The lowest BCUT2D eigenvalue weighted by atomic mass is 9.86. The second-order valence-electron chi connectivity index (χ2n) is 7.87. The fourth-order valence-electron chi connectivity index (χ4n) is 3.05. The monoisotopic (exact) mass is 369 g/mol. The van der Waals surface area contributed by atoms with Gasteiger partial charge in [-0.25, -0.2) is 0 Å². The van der Waals surface area contributed by atoms with Crippen molar-refractivity contribution in [1.29, 1.82) is 0 Å². The fraction of sp³-hybridized carbons (Fsp3) is 0.474. The minimum Gasteiger partial charge on any atom is -0.326 e. The third-order valence-electron chi connectivity index (χ3n) is 4.57. The first kappa shape index (κ1) is 17.1. The standard InChI is InChI=1S/C19H23N5OS/c1-19(2,3)13-6-4-5-7-14(13)20-15(25)10-11-16-23-24-17(12-8-9-12)21-22-18(24)26-16/h4-7,12H,8-11H2,1-3H3,(H,20,25).